The summed E-state index contributed by atoms with van der Waals surface area (Å²) in [5, 5.41) is 0. The van der Waals surface area contributed by atoms with E-state index in [9.17, 15) is 0 Å². The summed E-state index contributed by atoms with van der Waals surface area (Å²) < 4.78 is 0. The fourth-order valence-electron chi connectivity index (χ4n) is 3.79. The van der Waals surface area contributed by atoms with E-state index in [1.807, 2.05) is 0 Å². The molecule has 2 aromatic heterocycles. The molecule has 0 amide bonds. The van der Waals surface area contributed by atoms with Crippen molar-refractivity contribution < 1.29 is 0 Å². The molecule has 0 saturated carbocycles. The van der Waals surface area contributed by atoms with Crippen molar-refractivity contribution in [3.63, 3.8) is 0 Å². The van der Waals surface area contributed by atoms with Gasteiger partial charge in [0.05, 0.1) is 0 Å². The van der Waals surface area contributed by atoms with E-state index in [1.54, 1.807) is 12.4 Å². The summed E-state index contributed by atoms with van der Waals surface area (Å²) in [4.78, 5) is 15.6. The molecule has 0 bridgehead atoms. The fourth-order valence-corrected chi connectivity index (χ4v) is 3.79. The van der Waals surface area contributed by atoms with Gasteiger partial charge < -0.3 is 5.73 Å². The summed E-state index contributed by atoms with van der Waals surface area (Å²) in [6.45, 7) is 5.30. The molecule has 3 heterocycles. The smallest absolute Gasteiger partial charge is 0.219 e. The highest BCUT2D eigenvalue weighted by Gasteiger charge is 2.22. The number of nitrogens with zero attached hydrogens (tertiary/aromatic N) is 4. The molecule has 0 spiro atoms. The van der Waals surface area contributed by atoms with Crippen molar-refractivity contribution in [3.8, 4) is 11.1 Å². The van der Waals surface area contributed by atoms with Gasteiger partial charge in [-0.3, -0.25) is 9.88 Å². The summed E-state index contributed by atoms with van der Waals surface area (Å²) in [5.41, 5.74) is 11.3. The molecular weight excluding hydrogens is 334 g/mol. The molecule has 4 rings (SSSR count). The second-order valence-corrected chi connectivity index (χ2v) is 7.29. The Kier molecular flexibility index (Phi) is 5.12. The van der Waals surface area contributed by atoms with Crippen molar-refractivity contribution in [3.05, 3.63) is 71.8 Å². The summed E-state index contributed by atoms with van der Waals surface area (Å²) in [6, 6.07) is 15.0. The largest absolute Gasteiger partial charge is 0.368 e. The van der Waals surface area contributed by atoms with Crippen LogP contribution in [0.25, 0.3) is 11.1 Å². The van der Waals surface area contributed by atoms with E-state index in [0.717, 1.165) is 49.3 Å². The van der Waals surface area contributed by atoms with Gasteiger partial charge in [-0.15, -0.1) is 0 Å². The maximum absolute atomic E-state index is 5.61. The predicted molar refractivity (Wildman–Crippen MR) is 108 cm³/mol. The Morgan fingerprint density at radius 1 is 1.00 bits per heavy atom. The number of nitrogen functional groups attached to an aromatic ring is 1. The number of benzene rings is 1. The van der Waals surface area contributed by atoms with Crippen molar-refractivity contribution in [2.45, 2.75) is 32.2 Å². The molecule has 5 nitrogen and oxygen atoms in total. The van der Waals surface area contributed by atoms with Gasteiger partial charge in [0, 0.05) is 41.8 Å². The number of anilines is 1. The van der Waals surface area contributed by atoms with Crippen LogP contribution in [-0.4, -0.2) is 32.9 Å². The van der Waals surface area contributed by atoms with Crippen molar-refractivity contribution in [1.82, 2.24) is 19.9 Å². The molecule has 1 aliphatic rings. The maximum atomic E-state index is 5.61. The highest BCUT2D eigenvalue weighted by atomic mass is 15.1. The number of piperidine rings is 1. The average molecular weight is 359 g/mol. The molecular formula is C22H25N5. The standard InChI is InChI=1S/C22H25N5/c1-16-11-19(20-13-24-22(23)25-14-20)12-21(26-16)18-7-9-27(10-8-18)15-17-5-3-2-4-6-17/h2-6,11-14,18H,7-10,15H2,1H3,(H2,23,24,25). The first kappa shape index (κ1) is 17.6. The Bertz CT molecular complexity index is 884. The van der Waals surface area contributed by atoms with Crippen LogP contribution in [0, 0.1) is 6.92 Å². The topological polar surface area (TPSA) is 67.9 Å². The lowest BCUT2D eigenvalue weighted by atomic mass is 9.91. The Balaban J connectivity index is 1.46. The SMILES string of the molecule is Cc1cc(-c2cnc(N)nc2)cc(C2CCN(Cc3ccccc3)CC2)n1. The molecule has 0 atom stereocenters. The summed E-state index contributed by atoms with van der Waals surface area (Å²) in [7, 11) is 0. The van der Waals surface area contributed by atoms with E-state index in [-0.39, 0.29) is 0 Å². The number of nitrogens with two attached hydrogens (primary N) is 1. The molecule has 0 aliphatic carbocycles. The molecule has 27 heavy (non-hydrogen) atoms. The molecule has 1 aromatic carbocycles. The lowest BCUT2D eigenvalue weighted by Gasteiger charge is -2.32. The number of hydrogen-bond acceptors (Lipinski definition) is 5. The van der Waals surface area contributed by atoms with E-state index in [1.165, 1.54) is 11.3 Å². The van der Waals surface area contributed by atoms with Gasteiger partial charge >= 0.3 is 0 Å². The molecule has 5 heteroatoms. The van der Waals surface area contributed by atoms with E-state index in [0.29, 0.717) is 11.9 Å². The van der Waals surface area contributed by atoms with Crippen LogP contribution in [0.5, 0.6) is 0 Å². The summed E-state index contributed by atoms with van der Waals surface area (Å²) in [6.07, 6.45) is 5.84. The Labute approximate surface area is 160 Å². The van der Waals surface area contributed by atoms with E-state index in [4.69, 9.17) is 10.7 Å². The zero-order valence-electron chi connectivity index (χ0n) is 15.7. The molecule has 0 unspecified atom stereocenters. The highest BCUT2D eigenvalue weighted by Crippen LogP contribution is 2.30. The molecule has 1 saturated heterocycles. The zero-order valence-corrected chi connectivity index (χ0v) is 15.7. The number of likely N-dealkylation sites (tertiary alicyclic amines) is 1. The highest BCUT2D eigenvalue weighted by molar-refractivity contribution is 5.62. The lowest BCUT2D eigenvalue weighted by molar-refractivity contribution is 0.203. The van der Waals surface area contributed by atoms with E-state index < -0.39 is 0 Å². The van der Waals surface area contributed by atoms with Crippen LogP contribution in [0.2, 0.25) is 0 Å². The first-order valence-corrected chi connectivity index (χ1v) is 9.50. The van der Waals surface area contributed by atoms with Crippen molar-refractivity contribution in [2.75, 3.05) is 18.8 Å². The van der Waals surface area contributed by atoms with Gasteiger partial charge in [0.2, 0.25) is 5.95 Å². The number of aryl methyl sites for hydroxylation is 1. The van der Waals surface area contributed by atoms with Crippen molar-refractivity contribution >= 4 is 5.95 Å². The van der Waals surface area contributed by atoms with E-state index >= 15 is 0 Å². The van der Waals surface area contributed by atoms with Gasteiger partial charge in [0.1, 0.15) is 0 Å². The Morgan fingerprint density at radius 2 is 1.70 bits per heavy atom. The third kappa shape index (κ3) is 4.31. The lowest BCUT2D eigenvalue weighted by Crippen LogP contribution is -2.32. The summed E-state index contributed by atoms with van der Waals surface area (Å²) >= 11 is 0. The summed E-state index contributed by atoms with van der Waals surface area (Å²) in [5.74, 6) is 0.806. The first-order valence-electron chi connectivity index (χ1n) is 9.50. The van der Waals surface area contributed by atoms with Crippen LogP contribution in [0.4, 0.5) is 5.95 Å². The number of aromatic nitrogens is 3. The first-order chi connectivity index (χ1) is 13.2. The number of rotatable bonds is 4. The van der Waals surface area contributed by atoms with Gasteiger partial charge in [-0.2, -0.15) is 0 Å². The minimum Gasteiger partial charge on any atom is -0.368 e. The van der Waals surface area contributed by atoms with Crippen molar-refractivity contribution in [2.24, 2.45) is 0 Å². The molecule has 3 aromatic rings. The van der Waals surface area contributed by atoms with Crippen LogP contribution in [0.15, 0.2) is 54.9 Å². The quantitative estimate of drug-likeness (QED) is 0.767. The predicted octanol–water partition coefficient (Wildman–Crippen LogP) is 3.81. The van der Waals surface area contributed by atoms with Gasteiger partial charge in [-0.05, 0) is 56.1 Å². The van der Waals surface area contributed by atoms with Crippen LogP contribution >= 0.6 is 0 Å². The van der Waals surface area contributed by atoms with Crippen LogP contribution in [0.3, 0.4) is 0 Å². The second-order valence-electron chi connectivity index (χ2n) is 7.29. The molecule has 1 fully saturated rings. The third-order valence-electron chi connectivity index (χ3n) is 5.23. The minimum atomic E-state index is 0.301. The zero-order chi connectivity index (χ0) is 18.6. The average Bonchev–Trinajstić information content (AvgIpc) is 2.69. The molecule has 0 radical (unpaired) electrons. The van der Waals surface area contributed by atoms with Crippen molar-refractivity contribution in [1.29, 1.82) is 0 Å². The monoisotopic (exact) mass is 359 g/mol. The normalized spacial score (nSPS) is 15.7. The van der Waals surface area contributed by atoms with Crippen LogP contribution in [0.1, 0.15) is 35.7 Å². The molecule has 138 valence electrons. The minimum absolute atomic E-state index is 0.301. The second kappa shape index (κ2) is 7.84. The van der Waals surface area contributed by atoms with Crippen LogP contribution in [-0.2, 0) is 6.54 Å². The number of hydrogen-bond donors (Lipinski definition) is 1. The van der Waals surface area contributed by atoms with E-state index in [2.05, 4.69) is 64.3 Å². The molecule has 2 N–H and O–H groups in total. The Hall–Kier alpha value is -2.79. The number of pyridine rings is 1. The Morgan fingerprint density at radius 3 is 2.41 bits per heavy atom. The van der Waals surface area contributed by atoms with Gasteiger partial charge in [-0.25, -0.2) is 9.97 Å². The third-order valence-corrected chi connectivity index (χ3v) is 5.23. The fraction of sp³-hybridized carbons (Fsp3) is 0.318. The molecule has 1 aliphatic heterocycles. The maximum Gasteiger partial charge on any atom is 0.219 e. The van der Waals surface area contributed by atoms with Gasteiger partial charge in [0.25, 0.3) is 0 Å². The van der Waals surface area contributed by atoms with Gasteiger partial charge in [-0.1, -0.05) is 30.3 Å². The van der Waals surface area contributed by atoms with Crippen LogP contribution < -0.4 is 5.73 Å². The van der Waals surface area contributed by atoms with Gasteiger partial charge in [0.15, 0.2) is 0 Å².